The van der Waals surface area contributed by atoms with Crippen molar-refractivity contribution in [2.45, 2.75) is 31.7 Å². The van der Waals surface area contributed by atoms with Gasteiger partial charge in [0.25, 0.3) is 0 Å². The van der Waals surface area contributed by atoms with E-state index in [2.05, 4.69) is 31.5 Å². The smallest absolute Gasteiger partial charge is 0.317 e. The lowest BCUT2D eigenvalue weighted by molar-refractivity contribution is -0.121. The molecule has 0 unspecified atom stereocenters. The number of carbonyl (C=O) groups excluding carboxylic acids is 2. The molecule has 6 nitrogen and oxygen atoms in total. The first kappa shape index (κ1) is 15.3. The Morgan fingerprint density at radius 2 is 2.09 bits per heavy atom. The van der Waals surface area contributed by atoms with Crippen LogP contribution in [0.1, 0.15) is 25.7 Å². The van der Waals surface area contributed by atoms with Crippen molar-refractivity contribution >= 4 is 33.7 Å². The standard InChI is InChI=1S/C15H19BrN4O2/c16-11-3-6-13(17-8-11)19-14(21)10-2-1-7-20(9-10)15(22)18-12-4-5-12/h3,6,8,10,12H,1-2,4-5,7,9H2,(H,18,22)(H,17,19,21)/t10-/m0/s1. The molecule has 1 atom stereocenters. The fourth-order valence-electron chi connectivity index (χ4n) is 2.55. The average molecular weight is 367 g/mol. The van der Waals surface area contributed by atoms with Crippen LogP contribution in [0.4, 0.5) is 10.6 Å². The van der Waals surface area contributed by atoms with Crippen LogP contribution < -0.4 is 10.6 Å². The summed E-state index contributed by atoms with van der Waals surface area (Å²) in [5.74, 6) is 0.288. The van der Waals surface area contributed by atoms with Crippen LogP contribution in [0.15, 0.2) is 22.8 Å². The minimum atomic E-state index is -0.177. The highest BCUT2D eigenvalue weighted by molar-refractivity contribution is 9.10. The summed E-state index contributed by atoms with van der Waals surface area (Å²) >= 11 is 3.31. The minimum Gasteiger partial charge on any atom is -0.335 e. The van der Waals surface area contributed by atoms with Crippen LogP contribution in [0.2, 0.25) is 0 Å². The molecule has 0 spiro atoms. The molecule has 3 rings (SSSR count). The van der Waals surface area contributed by atoms with Gasteiger partial charge in [-0.2, -0.15) is 0 Å². The number of hydrogen-bond acceptors (Lipinski definition) is 3. The van der Waals surface area contributed by atoms with Crippen molar-refractivity contribution in [1.29, 1.82) is 0 Å². The number of pyridine rings is 1. The number of likely N-dealkylation sites (tertiary alicyclic amines) is 1. The number of nitrogens with zero attached hydrogens (tertiary/aromatic N) is 2. The molecule has 7 heteroatoms. The second-order valence-electron chi connectivity index (χ2n) is 5.86. The molecule has 1 aliphatic carbocycles. The quantitative estimate of drug-likeness (QED) is 0.862. The maximum atomic E-state index is 12.3. The maximum Gasteiger partial charge on any atom is 0.317 e. The van der Waals surface area contributed by atoms with Gasteiger partial charge in [0, 0.05) is 29.8 Å². The number of amides is 3. The van der Waals surface area contributed by atoms with E-state index in [9.17, 15) is 9.59 Å². The van der Waals surface area contributed by atoms with Gasteiger partial charge < -0.3 is 15.5 Å². The Morgan fingerprint density at radius 1 is 1.27 bits per heavy atom. The molecule has 3 amide bonds. The first-order valence-electron chi connectivity index (χ1n) is 7.59. The molecule has 1 aromatic heterocycles. The van der Waals surface area contributed by atoms with Gasteiger partial charge in [0.05, 0.1) is 5.92 Å². The van der Waals surface area contributed by atoms with Crippen LogP contribution in [-0.4, -0.2) is 41.0 Å². The highest BCUT2D eigenvalue weighted by Crippen LogP contribution is 2.22. The van der Waals surface area contributed by atoms with Gasteiger partial charge in [-0.15, -0.1) is 0 Å². The van der Waals surface area contributed by atoms with Crippen molar-refractivity contribution in [1.82, 2.24) is 15.2 Å². The van der Waals surface area contributed by atoms with Crippen molar-refractivity contribution in [3.05, 3.63) is 22.8 Å². The summed E-state index contributed by atoms with van der Waals surface area (Å²) in [6.07, 6.45) is 5.43. The molecule has 22 heavy (non-hydrogen) atoms. The number of halogens is 1. The van der Waals surface area contributed by atoms with Crippen LogP contribution in [0, 0.1) is 5.92 Å². The Balaban J connectivity index is 1.55. The van der Waals surface area contributed by atoms with Gasteiger partial charge in [-0.05, 0) is 53.7 Å². The first-order chi connectivity index (χ1) is 10.6. The molecule has 2 aliphatic rings. The van der Waals surface area contributed by atoms with E-state index in [0.29, 0.717) is 18.4 Å². The van der Waals surface area contributed by atoms with Crippen molar-refractivity contribution in [3.63, 3.8) is 0 Å². The second-order valence-corrected chi connectivity index (χ2v) is 6.78. The highest BCUT2D eigenvalue weighted by atomic mass is 79.9. The molecule has 118 valence electrons. The molecule has 2 N–H and O–H groups in total. The first-order valence-corrected chi connectivity index (χ1v) is 8.39. The molecule has 0 radical (unpaired) electrons. The number of aromatic nitrogens is 1. The number of piperidine rings is 1. The Bertz CT molecular complexity index is 559. The molecular formula is C15H19BrN4O2. The molecule has 0 aromatic carbocycles. The minimum absolute atomic E-state index is 0.0400. The van der Waals surface area contributed by atoms with Crippen molar-refractivity contribution in [2.24, 2.45) is 5.92 Å². The highest BCUT2D eigenvalue weighted by Gasteiger charge is 2.31. The van der Waals surface area contributed by atoms with Crippen LogP contribution in [-0.2, 0) is 4.79 Å². The van der Waals surface area contributed by atoms with Gasteiger partial charge in [0.15, 0.2) is 0 Å². The van der Waals surface area contributed by atoms with E-state index in [0.717, 1.165) is 36.7 Å². The number of nitrogens with one attached hydrogen (secondary N) is 2. The molecule has 1 aliphatic heterocycles. The number of hydrogen-bond donors (Lipinski definition) is 2. The number of rotatable bonds is 3. The van der Waals surface area contributed by atoms with Gasteiger partial charge in [0.1, 0.15) is 5.82 Å². The molecule has 1 saturated carbocycles. The van der Waals surface area contributed by atoms with Gasteiger partial charge in [-0.3, -0.25) is 4.79 Å². The number of urea groups is 1. The summed E-state index contributed by atoms with van der Waals surface area (Å²) in [7, 11) is 0. The SMILES string of the molecule is O=C(Nc1ccc(Br)cn1)[C@H]1CCCN(C(=O)NC2CC2)C1. The third-order valence-corrected chi connectivity index (χ3v) is 4.43. The predicted molar refractivity (Wildman–Crippen MR) is 86.4 cm³/mol. The van der Waals surface area contributed by atoms with Gasteiger partial charge in [-0.1, -0.05) is 0 Å². The summed E-state index contributed by atoms with van der Waals surface area (Å²) in [6.45, 7) is 1.19. The lowest BCUT2D eigenvalue weighted by Crippen LogP contribution is -2.48. The van der Waals surface area contributed by atoms with Crippen LogP contribution in [0.3, 0.4) is 0 Å². The monoisotopic (exact) mass is 366 g/mol. The maximum absolute atomic E-state index is 12.3. The zero-order valence-corrected chi connectivity index (χ0v) is 13.8. The van der Waals surface area contributed by atoms with E-state index in [4.69, 9.17) is 0 Å². The molecule has 2 heterocycles. The number of anilines is 1. The largest absolute Gasteiger partial charge is 0.335 e. The summed E-state index contributed by atoms with van der Waals surface area (Å²) in [5, 5.41) is 5.80. The molecule has 0 bridgehead atoms. The Labute approximate surface area is 137 Å². The Kier molecular flexibility index (Phi) is 4.61. The Hall–Kier alpha value is -1.63. The van der Waals surface area contributed by atoms with E-state index in [1.165, 1.54) is 0 Å². The fraction of sp³-hybridized carbons (Fsp3) is 0.533. The second kappa shape index (κ2) is 6.64. The Morgan fingerprint density at radius 3 is 2.77 bits per heavy atom. The third-order valence-electron chi connectivity index (χ3n) is 3.96. The van der Waals surface area contributed by atoms with Gasteiger partial charge in [0.2, 0.25) is 5.91 Å². The third kappa shape index (κ3) is 3.97. The number of carbonyl (C=O) groups is 2. The zero-order chi connectivity index (χ0) is 15.5. The molecule has 1 aromatic rings. The van der Waals surface area contributed by atoms with Crippen molar-refractivity contribution in [3.8, 4) is 0 Å². The van der Waals surface area contributed by atoms with Crippen molar-refractivity contribution in [2.75, 3.05) is 18.4 Å². The zero-order valence-electron chi connectivity index (χ0n) is 12.2. The summed E-state index contributed by atoms with van der Waals surface area (Å²) < 4.78 is 0.867. The fourth-order valence-corrected chi connectivity index (χ4v) is 2.78. The van der Waals surface area contributed by atoms with Crippen LogP contribution in [0.25, 0.3) is 0 Å². The summed E-state index contributed by atoms with van der Waals surface area (Å²) in [4.78, 5) is 30.3. The molecule has 2 fully saturated rings. The summed E-state index contributed by atoms with van der Waals surface area (Å²) in [5.41, 5.74) is 0. The van der Waals surface area contributed by atoms with E-state index in [1.54, 1.807) is 17.2 Å². The van der Waals surface area contributed by atoms with E-state index in [-0.39, 0.29) is 17.9 Å². The van der Waals surface area contributed by atoms with Crippen LogP contribution >= 0.6 is 15.9 Å². The molecule has 1 saturated heterocycles. The van der Waals surface area contributed by atoms with Crippen molar-refractivity contribution < 1.29 is 9.59 Å². The average Bonchev–Trinajstić information content (AvgIpc) is 3.33. The van der Waals surface area contributed by atoms with E-state index < -0.39 is 0 Å². The summed E-state index contributed by atoms with van der Waals surface area (Å²) in [6, 6.07) is 3.89. The topological polar surface area (TPSA) is 74.3 Å². The van der Waals surface area contributed by atoms with E-state index in [1.807, 2.05) is 6.07 Å². The van der Waals surface area contributed by atoms with E-state index >= 15 is 0 Å². The predicted octanol–water partition coefficient (Wildman–Crippen LogP) is 2.37. The molecular weight excluding hydrogens is 348 g/mol. The lowest BCUT2D eigenvalue weighted by atomic mass is 9.97. The van der Waals surface area contributed by atoms with Gasteiger partial charge in [-0.25, -0.2) is 9.78 Å². The lowest BCUT2D eigenvalue weighted by Gasteiger charge is -2.32. The van der Waals surface area contributed by atoms with Gasteiger partial charge >= 0.3 is 6.03 Å². The normalized spacial score (nSPS) is 21.3. The van der Waals surface area contributed by atoms with Crippen LogP contribution in [0.5, 0.6) is 0 Å².